The predicted molar refractivity (Wildman–Crippen MR) is 91.2 cm³/mol. The van der Waals surface area contributed by atoms with E-state index in [0.29, 0.717) is 5.02 Å². The Labute approximate surface area is 141 Å². The molecular formula is C15H15Br2ClN2. The molecule has 1 N–H and O–H groups in total. The van der Waals surface area contributed by atoms with Gasteiger partial charge in [-0.1, -0.05) is 50.4 Å². The second kappa shape index (κ2) is 7.55. The maximum atomic E-state index is 6.21. The van der Waals surface area contributed by atoms with Crippen molar-refractivity contribution in [3.05, 3.63) is 61.8 Å². The minimum Gasteiger partial charge on any atom is -0.310 e. The van der Waals surface area contributed by atoms with Gasteiger partial charge in [0.1, 0.15) is 0 Å². The van der Waals surface area contributed by atoms with Gasteiger partial charge in [-0.05, 0) is 48.4 Å². The summed E-state index contributed by atoms with van der Waals surface area (Å²) in [5, 5.41) is 4.22. The highest BCUT2D eigenvalue weighted by molar-refractivity contribution is 9.11. The number of aromatic nitrogens is 1. The quantitative estimate of drug-likeness (QED) is 0.726. The highest BCUT2D eigenvalue weighted by Gasteiger charge is 2.14. The molecule has 1 heterocycles. The van der Waals surface area contributed by atoms with Crippen molar-refractivity contribution in [1.82, 2.24) is 10.3 Å². The number of benzene rings is 1. The molecule has 2 nitrogen and oxygen atoms in total. The molecule has 1 aromatic carbocycles. The molecule has 2 rings (SSSR count). The van der Waals surface area contributed by atoms with E-state index in [2.05, 4.69) is 61.2 Å². The summed E-state index contributed by atoms with van der Waals surface area (Å²) in [6.45, 7) is 3.01. The molecular weight excluding hydrogens is 403 g/mol. The van der Waals surface area contributed by atoms with Crippen molar-refractivity contribution in [3.63, 3.8) is 0 Å². The molecule has 106 valence electrons. The molecule has 20 heavy (non-hydrogen) atoms. The third kappa shape index (κ3) is 4.29. The van der Waals surface area contributed by atoms with E-state index in [-0.39, 0.29) is 6.04 Å². The van der Waals surface area contributed by atoms with E-state index in [4.69, 9.17) is 11.6 Å². The Morgan fingerprint density at radius 3 is 2.55 bits per heavy atom. The third-order valence-electron chi connectivity index (χ3n) is 3.02. The number of nitrogens with zero attached hydrogens (tertiary/aromatic N) is 1. The van der Waals surface area contributed by atoms with Crippen LogP contribution in [-0.4, -0.2) is 11.5 Å². The van der Waals surface area contributed by atoms with Crippen LogP contribution in [0.5, 0.6) is 0 Å². The largest absolute Gasteiger partial charge is 0.310 e. The highest BCUT2D eigenvalue weighted by Crippen LogP contribution is 2.28. The second-order valence-corrected chi connectivity index (χ2v) is 6.72. The lowest BCUT2D eigenvalue weighted by molar-refractivity contribution is 0.549. The van der Waals surface area contributed by atoms with Gasteiger partial charge >= 0.3 is 0 Å². The van der Waals surface area contributed by atoms with Crippen LogP contribution in [0.3, 0.4) is 0 Å². The van der Waals surface area contributed by atoms with Crippen molar-refractivity contribution in [2.75, 3.05) is 6.54 Å². The van der Waals surface area contributed by atoms with Gasteiger partial charge in [0.05, 0.1) is 5.02 Å². The maximum Gasteiger partial charge on any atom is 0.0622 e. The van der Waals surface area contributed by atoms with Crippen LogP contribution < -0.4 is 5.32 Å². The zero-order valence-electron chi connectivity index (χ0n) is 11.0. The molecule has 1 atom stereocenters. The first-order valence-electron chi connectivity index (χ1n) is 6.38. The second-order valence-electron chi connectivity index (χ2n) is 4.48. The number of halogens is 3. The summed E-state index contributed by atoms with van der Waals surface area (Å²) >= 11 is 13.3. The number of rotatable bonds is 5. The summed E-state index contributed by atoms with van der Waals surface area (Å²) in [5.74, 6) is 0. The van der Waals surface area contributed by atoms with Crippen LogP contribution >= 0.6 is 43.5 Å². The number of nitrogens with one attached hydrogen (secondary N) is 1. The molecule has 1 aromatic heterocycles. The summed E-state index contributed by atoms with van der Waals surface area (Å²) in [6, 6.07) is 8.49. The Hall–Kier alpha value is -0.420. The van der Waals surface area contributed by atoms with Gasteiger partial charge in [0.25, 0.3) is 0 Å². The summed E-state index contributed by atoms with van der Waals surface area (Å²) in [5.41, 5.74) is 2.32. The van der Waals surface area contributed by atoms with E-state index in [1.54, 1.807) is 12.4 Å². The molecule has 0 aliphatic rings. The summed E-state index contributed by atoms with van der Waals surface area (Å²) in [6.07, 6.45) is 4.30. The lowest BCUT2D eigenvalue weighted by Gasteiger charge is -2.19. The van der Waals surface area contributed by atoms with E-state index in [9.17, 15) is 0 Å². The van der Waals surface area contributed by atoms with Crippen LogP contribution in [0.15, 0.2) is 45.6 Å². The molecule has 0 saturated heterocycles. The van der Waals surface area contributed by atoms with Crippen molar-refractivity contribution in [1.29, 1.82) is 0 Å². The van der Waals surface area contributed by atoms with Crippen LogP contribution in [0.1, 0.15) is 24.1 Å². The average Bonchev–Trinajstić information content (AvgIpc) is 2.39. The van der Waals surface area contributed by atoms with Gasteiger partial charge in [-0.2, -0.15) is 0 Å². The van der Waals surface area contributed by atoms with E-state index < -0.39 is 0 Å². The monoisotopic (exact) mass is 416 g/mol. The first-order valence-corrected chi connectivity index (χ1v) is 8.34. The van der Waals surface area contributed by atoms with Gasteiger partial charge in [-0.15, -0.1) is 0 Å². The fourth-order valence-corrected chi connectivity index (χ4v) is 3.65. The van der Waals surface area contributed by atoms with Crippen molar-refractivity contribution in [2.24, 2.45) is 0 Å². The fourth-order valence-electron chi connectivity index (χ4n) is 2.12. The lowest BCUT2D eigenvalue weighted by atomic mass is 9.99. The minimum atomic E-state index is 0.216. The predicted octanol–water partition coefficient (Wildman–Crippen LogP) is 5.15. The molecule has 0 bridgehead atoms. The summed E-state index contributed by atoms with van der Waals surface area (Å²) in [7, 11) is 0. The molecule has 0 saturated carbocycles. The topological polar surface area (TPSA) is 24.9 Å². The average molecular weight is 419 g/mol. The first kappa shape index (κ1) is 16.0. The highest BCUT2D eigenvalue weighted by atomic mass is 79.9. The van der Waals surface area contributed by atoms with E-state index in [1.807, 2.05) is 12.1 Å². The van der Waals surface area contributed by atoms with Gasteiger partial charge in [0.2, 0.25) is 0 Å². The molecule has 0 aliphatic heterocycles. The van der Waals surface area contributed by atoms with Crippen LogP contribution in [0, 0.1) is 0 Å². The Morgan fingerprint density at radius 2 is 1.95 bits per heavy atom. The molecule has 2 aromatic rings. The molecule has 0 aliphatic carbocycles. The van der Waals surface area contributed by atoms with Crippen LogP contribution in [0.4, 0.5) is 0 Å². The molecule has 0 amide bonds. The number of pyridine rings is 1. The summed E-state index contributed by atoms with van der Waals surface area (Å²) in [4.78, 5) is 4.03. The molecule has 1 unspecified atom stereocenters. The summed E-state index contributed by atoms with van der Waals surface area (Å²) < 4.78 is 2.12. The van der Waals surface area contributed by atoms with Crippen LogP contribution in [0.2, 0.25) is 5.02 Å². The number of hydrogen-bond donors (Lipinski definition) is 1. The van der Waals surface area contributed by atoms with Gasteiger partial charge in [-0.25, -0.2) is 0 Å². The normalized spacial score (nSPS) is 12.4. The fraction of sp³-hybridized carbons (Fsp3) is 0.267. The smallest absolute Gasteiger partial charge is 0.0622 e. The number of likely N-dealkylation sites (N-methyl/N-ethyl adjacent to an activating group) is 1. The van der Waals surface area contributed by atoms with Crippen molar-refractivity contribution < 1.29 is 0 Å². The van der Waals surface area contributed by atoms with E-state index >= 15 is 0 Å². The van der Waals surface area contributed by atoms with Gasteiger partial charge in [0, 0.05) is 27.4 Å². The Kier molecular flexibility index (Phi) is 6.02. The zero-order valence-corrected chi connectivity index (χ0v) is 15.0. The van der Waals surface area contributed by atoms with Gasteiger partial charge in [0.15, 0.2) is 0 Å². The zero-order chi connectivity index (χ0) is 14.5. The molecule has 0 fully saturated rings. The van der Waals surface area contributed by atoms with Gasteiger partial charge < -0.3 is 5.32 Å². The number of hydrogen-bond acceptors (Lipinski definition) is 2. The third-order valence-corrected chi connectivity index (χ3v) is 4.27. The van der Waals surface area contributed by atoms with E-state index in [1.165, 1.54) is 5.56 Å². The first-order chi connectivity index (χ1) is 9.60. The van der Waals surface area contributed by atoms with Crippen LogP contribution in [-0.2, 0) is 6.42 Å². The Morgan fingerprint density at radius 1 is 1.25 bits per heavy atom. The van der Waals surface area contributed by atoms with Crippen molar-refractivity contribution in [3.8, 4) is 0 Å². The van der Waals surface area contributed by atoms with E-state index in [0.717, 1.165) is 27.5 Å². The van der Waals surface area contributed by atoms with Gasteiger partial charge in [-0.3, -0.25) is 4.98 Å². The maximum absolute atomic E-state index is 6.21. The van der Waals surface area contributed by atoms with Crippen molar-refractivity contribution >= 4 is 43.5 Å². The Bertz CT molecular complexity index is 570. The molecule has 0 spiro atoms. The van der Waals surface area contributed by atoms with Crippen molar-refractivity contribution in [2.45, 2.75) is 19.4 Å². The lowest BCUT2D eigenvalue weighted by Crippen LogP contribution is -2.23. The Balaban J connectivity index is 2.29. The van der Waals surface area contributed by atoms with Crippen LogP contribution in [0.25, 0.3) is 0 Å². The minimum absolute atomic E-state index is 0.216. The molecule has 0 radical (unpaired) electrons. The SMILES string of the molecule is CCNC(Cc1ccncc1Cl)c1cc(Br)cc(Br)c1. The standard InChI is InChI=1S/C15H15Br2ClN2/c1-2-20-15(7-10-3-4-19-9-14(10)18)11-5-12(16)8-13(17)6-11/h3-6,8-9,15,20H,2,7H2,1H3. The molecule has 5 heteroatoms.